The number of amides is 2. The second-order valence-corrected chi connectivity index (χ2v) is 7.86. The highest BCUT2D eigenvalue weighted by molar-refractivity contribution is 8.18. The molecule has 1 aliphatic heterocycles. The maximum absolute atomic E-state index is 12.8. The fourth-order valence-corrected chi connectivity index (χ4v) is 4.11. The summed E-state index contributed by atoms with van der Waals surface area (Å²) in [6, 6.07) is 10.5. The second-order valence-electron chi connectivity index (χ2n) is 6.06. The number of carbonyl (C=O) groups is 2. The number of ether oxygens (including phenoxy) is 2. The lowest BCUT2D eigenvalue weighted by Gasteiger charge is -2.14. The predicted molar refractivity (Wildman–Crippen MR) is 117 cm³/mol. The third-order valence-corrected chi connectivity index (χ3v) is 5.63. The van der Waals surface area contributed by atoms with E-state index in [1.165, 1.54) is 4.90 Å². The van der Waals surface area contributed by atoms with Crippen LogP contribution in [0.2, 0.25) is 10.0 Å². The van der Waals surface area contributed by atoms with Crippen LogP contribution in [0.5, 0.6) is 11.5 Å². The van der Waals surface area contributed by atoms with Gasteiger partial charge in [0.2, 0.25) is 0 Å². The van der Waals surface area contributed by atoms with Crippen LogP contribution in [-0.2, 0) is 11.3 Å². The van der Waals surface area contributed by atoms with Gasteiger partial charge in [-0.15, -0.1) is 0 Å². The molecule has 0 saturated carbocycles. The van der Waals surface area contributed by atoms with Crippen LogP contribution in [0.25, 0.3) is 6.08 Å². The van der Waals surface area contributed by atoms with Gasteiger partial charge >= 0.3 is 0 Å². The van der Waals surface area contributed by atoms with Gasteiger partial charge in [-0.1, -0.05) is 41.4 Å². The lowest BCUT2D eigenvalue weighted by molar-refractivity contribution is -0.123. The van der Waals surface area contributed by atoms with E-state index in [1.807, 2.05) is 19.9 Å². The van der Waals surface area contributed by atoms with Crippen LogP contribution in [0.4, 0.5) is 4.79 Å². The van der Waals surface area contributed by atoms with E-state index in [9.17, 15) is 9.59 Å². The highest BCUT2D eigenvalue weighted by atomic mass is 35.5. The van der Waals surface area contributed by atoms with E-state index in [0.717, 1.165) is 11.8 Å². The first-order chi connectivity index (χ1) is 13.9. The molecule has 1 fully saturated rings. The van der Waals surface area contributed by atoms with Crippen LogP contribution in [0.3, 0.4) is 0 Å². The largest absolute Gasteiger partial charge is 0.490 e. The van der Waals surface area contributed by atoms with Gasteiger partial charge in [0.25, 0.3) is 11.1 Å². The number of carbonyl (C=O) groups excluding carboxylic acids is 2. The molecule has 2 amide bonds. The minimum Gasteiger partial charge on any atom is -0.490 e. The Kier molecular flexibility index (Phi) is 7.11. The van der Waals surface area contributed by atoms with Crippen molar-refractivity contribution in [2.75, 3.05) is 13.2 Å². The molecule has 0 radical (unpaired) electrons. The standard InChI is InChI=1S/C21H19Cl2NO4S/c1-3-27-17-10-13(9-16(23)19(17)28-4-2)11-18-20(25)24(21(26)29-18)12-14-7-5-6-8-15(14)22/h5-11H,3-4,12H2,1-2H3/b18-11-. The van der Waals surface area contributed by atoms with Crippen molar-refractivity contribution in [1.29, 1.82) is 0 Å². The molecule has 3 rings (SSSR count). The van der Waals surface area contributed by atoms with Crippen molar-refractivity contribution in [2.45, 2.75) is 20.4 Å². The van der Waals surface area contributed by atoms with Gasteiger partial charge < -0.3 is 9.47 Å². The number of nitrogens with zero attached hydrogens (tertiary/aromatic N) is 1. The molecule has 1 aliphatic rings. The fraction of sp³-hybridized carbons (Fsp3) is 0.238. The minimum atomic E-state index is -0.372. The topological polar surface area (TPSA) is 55.8 Å². The summed E-state index contributed by atoms with van der Waals surface area (Å²) in [7, 11) is 0. The zero-order valence-corrected chi connectivity index (χ0v) is 18.2. The summed E-state index contributed by atoms with van der Waals surface area (Å²) in [5.41, 5.74) is 1.35. The average molecular weight is 452 g/mol. The summed E-state index contributed by atoms with van der Waals surface area (Å²) >= 11 is 13.4. The predicted octanol–water partition coefficient (Wildman–Crippen LogP) is 6.03. The van der Waals surface area contributed by atoms with Gasteiger partial charge in [0.15, 0.2) is 11.5 Å². The quantitative estimate of drug-likeness (QED) is 0.481. The maximum Gasteiger partial charge on any atom is 0.293 e. The highest BCUT2D eigenvalue weighted by Gasteiger charge is 2.35. The SMILES string of the molecule is CCOc1cc(/C=C2\SC(=O)N(Cc3ccccc3Cl)C2=O)cc(Cl)c1OCC. The van der Waals surface area contributed by atoms with Gasteiger partial charge in [0, 0.05) is 5.02 Å². The lowest BCUT2D eigenvalue weighted by Crippen LogP contribution is -2.27. The Balaban J connectivity index is 1.88. The van der Waals surface area contributed by atoms with Crippen molar-refractivity contribution in [2.24, 2.45) is 0 Å². The van der Waals surface area contributed by atoms with E-state index in [2.05, 4.69) is 0 Å². The Bertz CT molecular complexity index is 977. The molecule has 5 nitrogen and oxygen atoms in total. The molecule has 8 heteroatoms. The highest BCUT2D eigenvalue weighted by Crippen LogP contribution is 2.39. The summed E-state index contributed by atoms with van der Waals surface area (Å²) in [4.78, 5) is 26.7. The van der Waals surface area contributed by atoms with Crippen LogP contribution in [0, 0.1) is 0 Å². The van der Waals surface area contributed by atoms with Gasteiger partial charge in [-0.05, 0) is 61.0 Å². The van der Waals surface area contributed by atoms with Crippen LogP contribution < -0.4 is 9.47 Å². The summed E-state index contributed by atoms with van der Waals surface area (Å²) in [6.07, 6.45) is 1.63. The second kappa shape index (κ2) is 9.57. The maximum atomic E-state index is 12.8. The zero-order chi connectivity index (χ0) is 21.0. The smallest absolute Gasteiger partial charge is 0.293 e. The van der Waals surface area contributed by atoms with Crippen LogP contribution in [0.15, 0.2) is 41.3 Å². The van der Waals surface area contributed by atoms with Gasteiger partial charge in [-0.2, -0.15) is 0 Å². The Hall–Kier alpha value is -2.15. The van der Waals surface area contributed by atoms with E-state index < -0.39 is 0 Å². The normalized spacial score (nSPS) is 15.3. The fourth-order valence-electron chi connectivity index (χ4n) is 2.80. The molecule has 2 aromatic rings. The molecule has 0 spiro atoms. The molecule has 0 aliphatic carbocycles. The molecule has 0 bridgehead atoms. The Morgan fingerprint density at radius 1 is 1.03 bits per heavy atom. The first-order valence-electron chi connectivity index (χ1n) is 9.02. The van der Waals surface area contributed by atoms with Crippen LogP contribution >= 0.6 is 35.0 Å². The van der Waals surface area contributed by atoms with Crippen LogP contribution in [-0.4, -0.2) is 29.3 Å². The first kappa shape index (κ1) is 21.6. The Morgan fingerprint density at radius 2 is 1.76 bits per heavy atom. The van der Waals surface area contributed by atoms with Gasteiger partial charge in [0.1, 0.15) is 0 Å². The number of rotatable bonds is 7. The third-order valence-electron chi connectivity index (χ3n) is 4.08. The molecule has 152 valence electrons. The molecule has 29 heavy (non-hydrogen) atoms. The number of hydrogen-bond acceptors (Lipinski definition) is 5. The number of halogens is 2. The summed E-state index contributed by atoms with van der Waals surface area (Å²) in [5, 5.41) is 0.540. The minimum absolute atomic E-state index is 0.121. The third kappa shape index (κ3) is 4.89. The molecular weight excluding hydrogens is 433 g/mol. The van der Waals surface area contributed by atoms with E-state index in [1.54, 1.807) is 36.4 Å². The molecule has 0 aromatic heterocycles. The molecule has 1 heterocycles. The van der Waals surface area contributed by atoms with Crippen molar-refractivity contribution in [3.8, 4) is 11.5 Å². The van der Waals surface area contributed by atoms with E-state index in [-0.39, 0.29) is 17.7 Å². The molecule has 1 saturated heterocycles. The number of thioether (sulfide) groups is 1. The summed E-state index contributed by atoms with van der Waals surface area (Å²) < 4.78 is 11.2. The van der Waals surface area contributed by atoms with Crippen molar-refractivity contribution < 1.29 is 19.1 Å². The Labute approximate surface area is 183 Å². The molecule has 0 unspecified atom stereocenters. The van der Waals surface area contributed by atoms with Gasteiger partial charge in [0.05, 0.1) is 29.7 Å². The monoisotopic (exact) mass is 451 g/mol. The number of hydrogen-bond donors (Lipinski definition) is 0. The van der Waals surface area contributed by atoms with Crippen molar-refractivity contribution in [3.63, 3.8) is 0 Å². The molecule has 0 N–H and O–H groups in total. The number of benzene rings is 2. The van der Waals surface area contributed by atoms with Gasteiger partial charge in [-0.3, -0.25) is 14.5 Å². The molecule has 0 atom stereocenters. The summed E-state index contributed by atoms with van der Waals surface area (Å²) in [6.45, 7) is 4.72. The van der Waals surface area contributed by atoms with Crippen molar-refractivity contribution in [3.05, 3.63) is 62.5 Å². The zero-order valence-electron chi connectivity index (χ0n) is 15.9. The number of imide groups is 1. The van der Waals surface area contributed by atoms with E-state index in [0.29, 0.717) is 50.8 Å². The first-order valence-corrected chi connectivity index (χ1v) is 10.6. The lowest BCUT2D eigenvalue weighted by atomic mass is 10.1. The Morgan fingerprint density at radius 3 is 2.45 bits per heavy atom. The molecular formula is C21H19Cl2NO4S. The van der Waals surface area contributed by atoms with E-state index >= 15 is 0 Å². The average Bonchev–Trinajstić information content (AvgIpc) is 2.94. The van der Waals surface area contributed by atoms with E-state index in [4.69, 9.17) is 32.7 Å². The van der Waals surface area contributed by atoms with Crippen molar-refractivity contribution >= 4 is 52.2 Å². The van der Waals surface area contributed by atoms with Gasteiger partial charge in [-0.25, -0.2) is 0 Å². The van der Waals surface area contributed by atoms with Crippen molar-refractivity contribution in [1.82, 2.24) is 4.90 Å². The summed E-state index contributed by atoms with van der Waals surface area (Å²) in [5.74, 6) is 0.575. The van der Waals surface area contributed by atoms with Crippen LogP contribution in [0.1, 0.15) is 25.0 Å². The molecule has 2 aromatic carbocycles.